The van der Waals surface area contributed by atoms with Crippen molar-refractivity contribution in [3.63, 3.8) is 0 Å². The van der Waals surface area contributed by atoms with Gasteiger partial charge in [-0.15, -0.1) is 0 Å². The highest BCUT2D eigenvalue weighted by molar-refractivity contribution is 5.43. The monoisotopic (exact) mass is 248 g/mol. The molecule has 18 heavy (non-hydrogen) atoms. The number of hydrogen-bond acceptors (Lipinski definition) is 5. The zero-order chi connectivity index (χ0) is 13.0. The van der Waals surface area contributed by atoms with Gasteiger partial charge in [0, 0.05) is 11.6 Å². The maximum absolute atomic E-state index is 5.82. The number of ether oxygens (including phenoxy) is 2. The molecule has 1 heterocycles. The zero-order valence-corrected chi connectivity index (χ0v) is 10.4. The maximum atomic E-state index is 5.82. The molecule has 5 heteroatoms. The van der Waals surface area contributed by atoms with Gasteiger partial charge in [-0.2, -0.15) is 0 Å². The van der Waals surface area contributed by atoms with Crippen molar-refractivity contribution in [3.8, 4) is 11.5 Å². The molecular formula is C13H16N2O3. The molecule has 2 rings (SSSR count). The molecular weight excluding hydrogens is 232 g/mol. The van der Waals surface area contributed by atoms with Gasteiger partial charge in [0.25, 0.3) is 0 Å². The van der Waals surface area contributed by atoms with Crippen molar-refractivity contribution >= 4 is 0 Å². The van der Waals surface area contributed by atoms with E-state index < -0.39 is 0 Å². The zero-order valence-electron chi connectivity index (χ0n) is 10.4. The Bertz CT molecular complexity index is 495. The molecule has 0 aliphatic rings. The van der Waals surface area contributed by atoms with E-state index in [1.54, 1.807) is 19.6 Å². The van der Waals surface area contributed by atoms with E-state index in [1.807, 2.05) is 25.1 Å². The number of nitrogens with zero attached hydrogens (tertiary/aromatic N) is 1. The number of aromatic nitrogens is 1. The van der Waals surface area contributed by atoms with Crippen molar-refractivity contribution in [1.29, 1.82) is 0 Å². The van der Waals surface area contributed by atoms with Crippen LogP contribution in [0.2, 0.25) is 0 Å². The van der Waals surface area contributed by atoms with E-state index in [0.29, 0.717) is 18.1 Å². The van der Waals surface area contributed by atoms with Crippen LogP contribution < -0.4 is 15.2 Å². The van der Waals surface area contributed by atoms with E-state index in [-0.39, 0.29) is 6.04 Å². The van der Waals surface area contributed by atoms with Crippen molar-refractivity contribution in [2.24, 2.45) is 5.73 Å². The molecule has 5 nitrogen and oxygen atoms in total. The Morgan fingerprint density at radius 2 is 2.22 bits per heavy atom. The normalized spacial score (nSPS) is 12.2. The van der Waals surface area contributed by atoms with Crippen LogP contribution in [0.25, 0.3) is 0 Å². The fraction of sp³-hybridized carbons (Fsp3) is 0.308. The third kappa shape index (κ3) is 2.81. The lowest BCUT2D eigenvalue weighted by molar-refractivity contribution is 0.283. The average molecular weight is 248 g/mol. The van der Waals surface area contributed by atoms with Gasteiger partial charge in [0.05, 0.1) is 13.3 Å². The lowest BCUT2D eigenvalue weighted by Crippen LogP contribution is -2.05. The first-order valence-electron chi connectivity index (χ1n) is 5.65. The van der Waals surface area contributed by atoms with E-state index in [0.717, 1.165) is 11.1 Å². The molecule has 1 aromatic carbocycles. The molecule has 0 saturated carbocycles. The van der Waals surface area contributed by atoms with Crippen LogP contribution in [0.1, 0.15) is 24.1 Å². The van der Waals surface area contributed by atoms with Gasteiger partial charge in [0.2, 0.25) is 0 Å². The van der Waals surface area contributed by atoms with Crippen LogP contribution in [0.5, 0.6) is 11.5 Å². The van der Waals surface area contributed by atoms with E-state index in [2.05, 4.69) is 5.16 Å². The number of rotatable bonds is 5. The van der Waals surface area contributed by atoms with Crippen molar-refractivity contribution in [2.75, 3.05) is 7.11 Å². The quantitative estimate of drug-likeness (QED) is 0.879. The number of hydrogen-bond donors (Lipinski definition) is 1. The predicted molar refractivity (Wildman–Crippen MR) is 66.4 cm³/mol. The lowest BCUT2D eigenvalue weighted by Gasteiger charge is -2.13. The second-order valence-electron chi connectivity index (χ2n) is 4.02. The summed E-state index contributed by atoms with van der Waals surface area (Å²) in [6.45, 7) is 2.31. The minimum atomic E-state index is -0.0361. The van der Waals surface area contributed by atoms with Crippen LogP contribution in [0.3, 0.4) is 0 Å². The van der Waals surface area contributed by atoms with E-state index >= 15 is 0 Å². The molecule has 2 aromatic rings. The van der Waals surface area contributed by atoms with Crippen LogP contribution in [0.4, 0.5) is 0 Å². The largest absolute Gasteiger partial charge is 0.493 e. The van der Waals surface area contributed by atoms with Gasteiger partial charge in [-0.25, -0.2) is 0 Å². The lowest BCUT2D eigenvalue weighted by atomic mass is 10.1. The summed E-state index contributed by atoms with van der Waals surface area (Å²) in [5.74, 6) is 1.34. The standard InChI is InChI=1S/C13H16N2O3/c1-9(14)11-3-4-12(13(5-11)16-2)17-7-10-6-15-18-8-10/h3-6,8-9H,7,14H2,1-2H3. The molecule has 0 radical (unpaired) electrons. The Morgan fingerprint density at radius 3 is 2.83 bits per heavy atom. The molecule has 0 amide bonds. The Balaban J connectivity index is 2.12. The van der Waals surface area contributed by atoms with Gasteiger partial charge >= 0.3 is 0 Å². The van der Waals surface area contributed by atoms with Gasteiger partial charge in [-0.1, -0.05) is 11.2 Å². The van der Waals surface area contributed by atoms with Crippen molar-refractivity contribution in [1.82, 2.24) is 5.16 Å². The first-order chi connectivity index (χ1) is 8.70. The van der Waals surface area contributed by atoms with Crippen LogP contribution in [-0.4, -0.2) is 12.3 Å². The summed E-state index contributed by atoms with van der Waals surface area (Å²) in [4.78, 5) is 0. The highest BCUT2D eigenvalue weighted by atomic mass is 16.5. The molecule has 2 N–H and O–H groups in total. The summed E-state index contributed by atoms with van der Waals surface area (Å²) in [7, 11) is 1.60. The van der Waals surface area contributed by atoms with Crippen LogP contribution >= 0.6 is 0 Å². The smallest absolute Gasteiger partial charge is 0.161 e. The third-order valence-electron chi connectivity index (χ3n) is 2.59. The summed E-state index contributed by atoms with van der Waals surface area (Å²) in [6.07, 6.45) is 3.16. The first kappa shape index (κ1) is 12.4. The van der Waals surface area contributed by atoms with Gasteiger partial charge in [0.15, 0.2) is 11.5 Å². The Labute approximate surface area is 105 Å². The van der Waals surface area contributed by atoms with Gasteiger partial charge in [-0.3, -0.25) is 0 Å². The highest BCUT2D eigenvalue weighted by Crippen LogP contribution is 2.30. The third-order valence-corrected chi connectivity index (χ3v) is 2.59. The predicted octanol–water partition coefficient (Wildman–Crippen LogP) is 2.28. The van der Waals surface area contributed by atoms with E-state index in [4.69, 9.17) is 19.7 Å². The molecule has 0 bridgehead atoms. The Morgan fingerprint density at radius 1 is 1.39 bits per heavy atom. The van der Waals surface area contributed by atoms with E-state index in [1.165, 1.54) is 0 Å². The van der Waals surface area contributed by atoms with Gasteiger partial charge < -0.3 is 19.7 Å². The summed E-state index contributed by atoms with van der Waals surface area (Å²) in [6, 6.07) is 5.63. The SMILES string of the molecule is COc1cc(C(C)N)ccc1OCc1cnoc1. The molecule has 0 spiro atoms. The van der Waals surface area contributed by atoms with E-state index in [9.17, 15) is 0 Å². The van der Waals surface area contributed by atoms with Crippen molar-refractivity contribution in [3.05, 3.63) is 41.8 Å². The van der Waals surface area contributed by atoms with Gasteiger partial charge in [-0.05, 0) is 24.6 Å². The number of nitrogens with two attached hydrogens (primary N) is 1. The second kappa shape index (κ2) is 5.55. The summed E-state index contributed by atoms with van der Waals surface area (Å²) in [5, 5.41) is 3.61. The molecule has 1 unspecified atom stereocenters. The second-order valence-corrected chi connectivity index (χ2v) is 4.02. The molecule has 0 aliphatic heterocycles. The summed E-state index contributed by atoms with van der Waals surface area (Å²) in [5.41, 5.74) is 7.69. The maximum Gasteiger partial charge on any atom is 0.161 e. The molecule has 1 atom stereocenters. The molecule has 1 aromatic heterocycles. The van der Waals surface area contributed by atoms with Crippen LogP contribution in [0.15, 0.2) is 35.2 Å². The van der Waals surface area contributed by atoms with Crippen LogP contribution in [-0.2, 0) is 6.61 Å². The minimum absolute atomic E-state index is 0.0361. The Kier molecular flexibility index (Phi) is 3.84. The number of benzene rings is 1. The summed E-state index contributed by atoms with van der Waals surface area (Å²) >= 11 is 0. The summed E-state index contributed by atoms with van der Waals surface area (Å²) < 4.78 is 15.7. The number of methoxy groups -OCH3 is 1. The van der Waals surface area contributed by atoms with Crippen LogP contribution in [0, 0.1) is 0 Å². The topological polar surface area (TPSA) is 70.5 Å². The molecule has 0 fully saturated rings. The highest BCUT2D eigenvalue weighted by Gasteiger charge is 2.08. The van der Waals surface area contributed by atoms with Gasteiger partial charge in [0.1, 0.15) is 12.9 Å². The minimum Gasteiger partial charge on any atom is -0.493 e. The Hall–Kier alpha value is -2.01. The van der Waals surface area contributed by atoms with Crippen molar-refractivity contribution in [2.45, 2.75) is 19.6 Å². The average Bonchev–Trinajstić information content (AvgIpc) is 2.89. The first-order valence-corrected chi connectivity index (χ1v) is 5.65. The molecule has 0 aliphatic carbocycles. The van der Waals surface area contributed by atoms with Crippen molar-refractivity contribution < 1.29 is 14.0 Å². The molecule has 96 valence electrons. The fourth-order valence-electron chi connectivity index (χ4n) is 1.55. The molecule has 0 saturated heterocycles. The fourth-order valence-corrected chi connectivity index (χ4v) is 1.55.